The number of benzene rings is 1. The molecule has 2 aliphatic heterocycles. The van der Waals surface area contributed by atoms with Crippen molar-refractivity contribution in [3.63, 3.8) is 0 Å². The van der Waals surface area contributed by atoms with E-state index in [-0.39, 0.29) is 23.7 Å². The lowest BCUT2D eigenvalue weighted by molar-refractivity contribution is 0.0280. The monoisotopic (exact) mass is 459 g/mol. The van der Waals surface area contributed by atoms with Crippen molar-refractivity contribution in [2.45, 2.75) is 57.6 Å². The number of carbonyl (C=O) groups excluding carboxylic acids is 1. The van der Waals surface area contributed by atoms with Gasteiger partial charge in [-0.15, -0.1) is 11.3 Å². The molecule has 5 nitrogen and oxygen atoms in total. The molecule has 1 aromatic carbocycles. The second kappa shape index (κ2) is 9.21. The fourth-order valence-corrected chi connectivity index (χ4v) is 6.05. The van der Waals surface area contributed by atoms with E-state index in [1.165, 1.54) is 11.3 Å². The van der Waals surface area contributed by atoms with Crippen molar-refractivity contribution < 1.29 is 14.3 Å². The van der Waals surface area contributed by atoms with E-state index >= 15 is 4.39 Å². The number of amides is 1. The van der Waals surface area contributed by atoms with Crippen LogP contribution in [0.1, 0.15) is 59.8 Å². The van der Waals surface area contributed by atoms with Gasteiger partial charge in [0.15, 0.2) is 0 Å². The lowest BCUT2D eigenvalue weighted by Gasteiger charge is -2.35. The van der Waals surface area contributed by atoms with Crippen molar-refractivity contribution in [2.75, 3.05) is 32.7 Å². The maximum atomic E-state index is 15.1. The number of β-amino-alcohol motifs (C(OH)–C–C–N with tert-alkyl or cyclic N) is 1. The van der Waals surface area contributed by atoms with Crippen LogP contribution >= 0.6 is 11.3 Å². The van der Waals surface area contributed by atoms with Crippen molar-refractivity contribution in [2.24, 2.45) is 5.73 Å². The second-order valence-electron chi connectivity index (χ2n) is 10.0. The van der Waals surface area contributed by atoms with Gasteiger partial charge in [-0.3, -0.25) is 4.79 Å². The Balaban J connectivity index is 1.46. The molecule has 7 heteroatoms. The maximum absolute atomic E-state index is 15.1. The summed E-state index contributed by atoms with van der Waals surface area (Å²) in [6.07, 6.45) is 2.62. The standard InChI is InChI=1S/C25H34FN3O2S/c1-16-12-22(32-23(16)24(30)29-11-8-19(27)14-29)18-4-5-20(21(26)13-18)17-6-9-28(10-7-17)15-25(2,3)31/h4-5,12-13,17,19,31H,6-11,14-15,27H2,1-3H3/t19-/m0/s1. The van der Waals surface area contributed by atoms with Gasteiger partial charge in [-0.1, -0.05) is 12.1 Å². The van der Waals surface area contributed by atoms with Crippen LogP contribution in [-0.4, -0.2) is 65.2 Å². The highest BCUT2D eigenvalue weighted by atomic mass is 32.1. The van der Waals surface area contributed by atoms with E-state index in [9.17, 15) is 9.90 Å². The highest BCUT2D eigenvalue weighted by Gasteiger charge is 2.28. The number of nitrogens with zero attached hydrogens (tertiary/aromatic N) is 2. The number of piperidine rings is 1. The van der Waals surface area contributed by atoms with E-state index in [4.69, 9.17) is 5.73 Å². The largest absolute Gasteiger partial charge is 0.389 e. The van der Waals surface area contributed by atoms with Crippen molar-refractivity contribution in [1.82, 2.24) is 9.80 Å². The number of nitrogens with two attached hydrogens (primary N) is 1. The van der Waals surface area contributed by atoms with Gasteiger partial charge in [0, 0.05) is 30.6 Å². The molecule has 2 aliphatic rings. The smallest absolute Gasteiger partial charge is 0.264 e. The van der Waals surface area contributed by atoms with Gasteiger partial charge < -0.3 is 20.6 Å². The summed E-state index contributed by atoms with van der Waals surface area (Å²) >= 11 is 1.44. The lowest BCUT2D eigenvalue weighted by atomic mass is 9.88. The van der Waals surface area contributed by atoms with Gasteiger partial charge in [0.2, 0.25) is 0 Å². The fraction of sp³-hybridized carbons (Fsp3) is 0.560. The number of thiophene rings is 1. The Labute approximate surface area is 194 Å². The van der Waals surface area contributed by atoms with Gasteiger partial charge in [0.1, 0.15) is 5.82 Å². The van der Waals surface area contributed by atoms with E-state index in [0.29, 0.717) is 19.6 Å². The normalized spacial score (nSPS) is 20.8. The number of aryl methyl sites for hydroxylation is 1. The number of hydrogen-bond donors (Lipinski definition) is 2. The summed E-state index contributed by atoms with van der Waals surface area (Å²) in [5, 5.41) is 10.0. The Morgan fingerprint density at radius 2 is 1.94 bits per heavy atom. The second-order valence-corrected chi connectivity index (χ2v) is 11.1. The molecule has 4 rings (SSSR count). The summed E-state index contributed by atoms with van der Waals surface area (Å²) in [6, 6.07) is 7.55. The Kier molecular flexibility index (Phi) is 6.73. The number of halogens is 1. The molecule has 0 bridgehead atoms. The van der Waals surface area contributed by atoms with Crippen LogP contribution in [-0.2, 0) is 0 Å². The van der Waals surface area contributed by atoms with Crippen molar-refractivity contribution in [3.8, 4) is 10.4 Å². The quantitative estimate of drug-likeness (QED) is 0.710. The molecule has 0 radical (unpaired) electrons. The SMILES string of the molecule is Cc1cc(-c2ccc(C3CCN(CC(C)(C)O)CC3)c(F)c2)sc1C(=O)N1CC[C@H](N)C1. The molecule has 0 saturated carbocycles. The summed E-state index contributed by atoms with van der Waals surface area (Å²) in [4.78, 5) is 18.6. The van der Waals surface area contributed by atoms with Crippen LogP contribution < -0.4 is 5.73 Å². The van der Waals surface area contributed by atoms with Crippen molar-refractivity contribution in [1.29, 1.82) is 0 Å². The van der Waals surface area contributed by atoms with E-state index in [1.54, 1.807) is 6.07 Å². The van der Waals surface area contributed by atoms with Crippen LogP contribution in [0.15, 0.2) is 24.3 Å². The third-order valence-corrected chi connectivity index (χ3v) is 7.82. The molecule has 2 saturated heterocycles. The summed E-state index contributed by atoms with van der Waals surface area (Å²) in [5.41, 5.74) is 7.76. The van der Waals surface area contributed by atoms with E-state index in [2.05, 4.69) is 4.90 Å². The minimum Gasteiger partial charge on any atom is -0.389 e. The Morgan fingerprint density at radius 1 is 1.22 bits per heavy atom. The average molecular weight is 460 g/mol. The zero-order chi connectivity index (χ0) is 23.0. The fourth-order valence-electron chi connectivity index (χ4n) is 4.91. The van der Waals surface area contributed by atoms with Gasteiger partial charge in [0.25, 0.3) is 5.91 Å². The van der Waals surface area contributed by atoms with Gasteiger partial charge >= 0.3 is 0 Å². The molecule has 3 heterocycles. The van der Waals surface area contributed by atoms with Crippen LogP contribution in [0.2, 0.25) is 0 Å². The first-order valence-corrected chi connectivity index (χ1v) is 12.3. The Morgan fingerprint density at radius 3 is 2.53 bits per heavy atom. The Bertz CT molecular complexity index is 976. The summed E-state index contributed by atoms with van der Waals surface area (Å²) < 4.78 is 15.1. The number of likely N-dealkylation sites (tertiary alicyclic amines) is 2. The van der Waals surface area contributed by atoms with Crippen LogP contribution in [0.25, 0.3) is 10.4 Å². The predicted octanol–water partition coefficient (Wildman–Crippen LogP) is 3.99. The Hall–Kier alpha value is -1.80. The van der Waals surface area contributed by atoms with E-state index in [1.807, 2.05) is 43.9 Å². The van der Waals surface area contributed by atoms with E-state index in [0.717, 1.165) is 58.8 Å². The van der Waals surface area contributed by atoms with Crippen LogP contribution in [0, 0.1) is 12.7 Å². The summed E-state index contributed by atoms with van der Waals surface area (Å²) in [6.45, 7) is 9.26. The number of rotatable bonds is 5. The van der Waals surface area contributed by atoms with Crippen LogP contribution in [0.5, 0.6) is 0 Å². The molecular formula is C25H34FN3O2S. The minimum atomic E-state index is -0.709. The molecule has 0 unspecified atom stereocenters. The molecule has 0 aliphatic carbocycles. The van der Waals surface area contributed by atoms with Gasteiger partial charge in [-0.2, -0.15) is 0 Å². The third kappa shape index (κ3) is 5.22. The molecule has 174 valence electrons. The van der Waals surface area contributed by atoms with Gasteiger partial charge in [-0.25, -0.2) is 4.39 Å². The number of hydrogen-bond acceptors (Lipinski definition) is 5. The molecule has 1 aromatic heterocycles. The highest BCUT2D eigenvalue weighted by molar-refractivity contribution is 7.17. The first-order valence-electron chi connectivity index (χ1n) is 11.5. The first-order chi connectivity index (χ1) is 15.1. The first kappa shape index (κ1) is 23.4. The molecule has 2 fully saturated rings. The van der Waals surface area contributed by atoms with Crippen LogP contribution in [0.4, 0.5) is 4.39 Å². The molecule has 1 atom stereocenters. The predicted molar refractivity (Wildman–Crippen MR) is 128 cm³/mol. The topological polar surface area (TPSA) is 69.8 Å². The zero-order valence-corrected chi connectivity index (χ0v) is 20.1. The average Bonchev–Trinajstić information content (AvgIpc) is 3.33. The van der Waals surface area contributed by atoms with Crippen molar-refractivity contribution in [3.05, 3.63) is 46.1 Å². The zero-order valence-electron chi connectivity index (χ0n) is 19.2. The summed E-state index contributed by atoms with van der Waals surface area (Å²) in [7, 11) is 0. The van der Waals surface area contributed by atoms with Gasteiger partial charge in [0.05, 0.1) is 10.5 Å². The lowest BCUT2D eigenvalue weighted by Crippen LogP contribution is -2.42. The molecule has 2 aromatic rings. The van der Waals surface area contributed by atoms with E-state index < -0.39 is 5.60 Å². The van der Waals surface area contributed by atoms with Crippen molar-refractivity contribution >= 4 is 17.2 Å². The molecule has 32 heavy (non-hydrogen) atoms. The summed E-state index contributed by atoms with van der Waals surface area (Å²) in [5.74, 6) is 0.0539. The van der Waals surface area contributed by atoms with Gasteiger partial charge in [-0.05, 0) is 87.9 Å². The number of aliphatic hydroxyl groups is 1. The highest BCUT2D eigenvalue weighted by Crippen LogP contribution is 2.36. The van der Waals surface area contributed by atoms with Crippen LogP contribution in [0.3, 0.4) is 0 Å². The third-order valence-electron chi connectivity index (χ3n) is 6.55. The maximum Gasteiger partial charge on any atom is 0.264 e. The number of carbonyl (C=O) groups is 1. The molecule has 0 spiro atoms. The molecule has 1 amide bonds. The molecular weight excluding hydrogens is 425 g/mol. The minimum absolute atomic E-state index is 0.0293. The molecule has 3 N–H and O–H groups in total.